The molecule has 1 amide bonds. The number of fused-ring (bicyclic) bond motifs is 1. The molecule has 0 spiro atoms. The molecule has 2 aromatic rings. The summed E-state index contributed by atoms with van der Waals surface area (Å²) in [6, 6.07) is 6.08. The second-order valence-electron chi connectivity index (χ2n) is 7.01. The van der Waals surface area contributed by atoms with Crippen LogP contribution in [-0.2, 0) is 6.42 Å². The van der Waals surface area contributed by atoms with E-state index in [2.05, 4.69) is 10.5 Å². The monoisotopic (exact) mass is 371 g/mol. The number of ether oxygens (including phenoxy) is 2. The maximum absolute atomic E-state index is 13.0. The number of anilines is 1. The highest BCUT2D eigenvalue weighted by atomic mass is 16.6. The third-order valence-electron chi connectivity index (χ3n) is 5.10. The molecule has 1 fully saturated rings. The highest BCUT2D eigenvalue weighted by Gasteiger charge is 2.29. The molecule has 1 aromatic carbocycles. The van der Waals surface area contributed by atoms with Gasteiger partial charge in [0.1, 0.15) is 24.5 Å². The van der Waals surface area contributed by atoms with Gasteiger partial charge in [-0.1, -0.05) is 12.1 Å². The fraction of sp³-hybridized carbons (Fsp3) is 0.500. The van der Waals surface area contributed by atoms with Gasteiger partial charge in [0.15, 0.2) is 11.5 Å². The normalized spacial score (nSPS) is 19.0. The van der Waals surface area contributed by atoms with E-state index in [0.717, 1.165) is 42.3 Å². The van der Waals surface area contributed by atoms with E-state index >= 15 is 0 Å². The van der Waals surface area contributed by atoms with Gasteiger partial charge in [0.05, 0.1) is 5.69 Å². The van der Waals surface area contributed by atoms with Gasteiger partial charge in [-0.05, 0) is 38.3 Å². The van der Waals surface area contributed by atoms with Crippen LogP contribution in [0.25, 0.3) is 0 Å². The van der Waals surface area contributed by atoms with Gasteiger partial charge in [0.25, 0.3) is 5.91 Å². The van der Waals surface area contributed by atoms with Crippen molar-refractivity contribution in [2.24, 2.45) is 0 Å². The summed E-state index contributed by atoms with van der Waals surface area (Å²) in [6.07, 6.45) is 2.66. The molecule has 4 rings (SSSR count). The van der Waals surface area contributed by atoms with Gasteiger partial charge in [-0.3, -0.25) is 4.79 Å². The summed E-state index contributed by atoms with van der Waals surface area (Å²) in [5.74, 6) is 2.16. The fourth-order valence-electron chi connectivity index (χ4n) is 3.74. The van der Waals surface area contributed by atoms with E-state index in [9.17, 15) is 4.79 Å². The second-order valence-corrected chi connectivity index (χ2v) is 7.01. The standard InChI is InChI=1S/C20H25N3O4/c1-3-16-19(13(2)27-22-16)20(24)23-8-4-5-15(12-23)21-14-6-7-17-18(11-14)26-10-9-25-17/h6-7,11,15,21H,3-5,8-10,12H2,1-2H3. The van der Waals surface area contributed by atoms with Crippen LogP contribution in [0.2, 0.25) is 0 Å². The number of aromatic nitrogens is 1. The van der Waals surface area contributed by atoms with Gasteiger partial charge >= 0.3 is 0 Å². The number of piperidine rings is 1. The summed E-state index contributed by atoms with van der Waals surface area (Å²) in [5.41, 5.74) is 2.34. The molecule has 3 heterocycles. The number of amides is 1. The molecule has 7 heteroatoms. The number of rotatable bonds is 4. The summed E-state index contributed by atoms with van der Waals surface area (Å²) in [6.45, 7) is 6.35. The fourth-order valence-corrected chi connectivity index (χ4v) is 3.74. The summed E-state index contributed by atoms with van der Waals surface area (Å²) in [4.78, 5) is 14.9. The van der Waals surface area contributed by atoms with Gasteiger partial charge < -0.3 is 24.2 Å². The van der Waals surface area contributed by atoms with Gasteiger partial charge in [0, 0.05) is 30.9 Å². The molecule has 27 heavy (non-hydrogen) atoms. The first-order valence-electron chi connectivity index (χ1n) is 9.56. The van der Waals surface area contributed by atoms with Crippen molar-refractivity contribution in [2.75, 3.05) is 31.6 Å². The van der Waals surface area contributed by atoms with Crippen LogP contribution in [0, 0.1) is 6.92 Å². The average Bonchev–Trinajstić information content (AvgIpc) is 3.08. The molecule has 0 radical (unpaired) electrons. The lowest BCUT2D eigenvalue weighted by molar-refractivity contribution is 0.0712. The Morgan fingerprint density at radius 3 is 2.93 bits per heavy atom. The van der Waals surface area contributed by atoms with E-state index in [1.54, 1.807) is 6.92 Å². The van der Waals surface area contributed by atoms with Crippen molar-refractivity contribution in [3.63, 3.8) is 0 Å². The Kier molecular flexibility index (Phi) is 4.92. The first-order chi connectivity index (χ1) is 13.2. The summed E-state index contributed by atoms with van der Waals surface area (Å²) in [7, 11) is 0. The maximum atomic E-state index is 13.0. The molecule has 0 bridgehead atoms. The molecule has 2 aliphatic heterocycles. The van der Waals surface area contributed by atoms with E-state index in [4.69, 9.17) is 14.0 Å². The number of likely N-dealkylation sites (tertiary alicyclic amines) is 1. The molecule has 7 nitrogen and oxygen atoms in total. The lowest BCUT2D eigenvalue weighted by atomic mass is 10.0. The Bertz CT molecular complexity index is 833. The molecule has 1 N–H and O–H groups in total. The average molecular weight is 371 g/mol. The Morgan fingerprint density at radius 2 is 2.11 bits per heavy atom. The molecule has 1 unspecified atom stereocenters. The Morgan fingerprint density at radius 1 is 1.30 bits per heavy atom. The van der Waals surface area contributed by atoms with E-state index in [-0.39, 0.29) is 11.9 Å². The van der Waals surface area contributed by atoms with E-state index in [0.29, 0.717) is 37.5 Å². The lowest BCUT2D eigenvalue weighted by Crippen LogP contribution is -2.45. The zero-order chi connectivity index (χ0) is 18.8. The molecule has 144 valence electrons. The second kappa shape index (κ2) is 7.50. The minimum absolute atomic E-state index is 0.0132. The molecular formula is C20H25N3O4. The van der Waals surface area contributed by atoms with Crippen LogP contribution in [0.1, 0.15) is 41.6 Å². The number of benzene rings is 1. The smallest absolute Gasteiger partial charge is 0.259 e. The van der Waals surface area contributed by atoms with E-state index in [1.165, 1.54) is 0 Å². The summed E-state index contributed by atoms with van der Waals surface area (Å²) >= 11 is 0. The van der Waals surface area contributed by atoms with Gasteiger partial charge in [-0.2, -0.15) is 0 Å². The van der Waals surface area contributed by atoms with Crippen molar-refractivity contribution in [1.29, 1.82) is 0 Å². The number of hydrogen-bond acceptors (Lipinski definition) is 6. The zero-order valence-corrected chi connectivity index (χ0v) is 15.8. The molecule has 1 saturated heterocycles. The SMILES string of the molecule is CCc1noc(C)c1C(=O)N1CCCC(Nc2ccc3c(c2)OCCO3)C1. The van der Waals surface area contributed by atoms with Crippen molar-refractivity contribution in [3.05, 3.63) is 35.2 Å². The molecule has 0 saturated carbocycles. The summed E-state index contributed by atoms with van der Waals surface area (Å²) < 4.78 is 16.5. The number of carbonyl (C=O) groups excluding carboxylic acids is 1. The van der Waals surface area contributed by atoms with Crippen LogP contribution < -0.4 is 14.8 Å². The number of nitrogens with one attached hydrogen (secondary N) is 1. The molecule has 2 aliphatic rings. The Hall–Kier alpha value is -2.70. The quantitative estimate of drug-likeness (QED) is 0.890. The first kappa shape index (κ1) is 17.7. The summed E-state index contributed by atoms with van der Waals surface area (Å²) in [5, 5.41) is 7.55. The predicted octanol–water partition coefficient (Wildman–Crippen LogP) is 3.03. The van der Waals surface area contributed by atoms with Gasteiger partial charge in [-0.25, -0.2) is 0 Å². The lowest BCUT2D eigenvalue weighted by Gasteiger charge is -2.34. The van der Waals surface area contributed by atoms with E-state index < -0.39 is 0 Å². The third-order valence-corrected chi connectivity index (χ3v) is 5.10. The van der Waals surface area contributed by atoms with Crippen molar-refractivity contribution in [1.82, 2.24) is 10.1 Å². The van der Waals surface area contributed by atoms with Crippen molar-refractivity contribution < 1.29 is 18.8 Å². The van der Waals surface area contributed by atoms with Crippen LogP contribution in [0.5, 0.6) is 11.5 Å². The van der Waals surface area contributed by atoms with Gasteiger partial charge in [0.2, 0.25) is 0 Å². The van der Waals surface area contributed by atoms with Crippen LogP contribution >= 0.6 is 0 Å². The minimum atomic E-state index is 0.0132. The molecule has 1 atom stereocenters. The number of aryl methyl sites for hydroxylation is 2. The van der Waals surface area contributed by atoms with Crippen LogP contribution in [-0.4, -0.2) is 48.3 Å². The van der Waals surface area contributed by atoms with E-state index in [1.807, 2.05) is 30.0 Å². The topological polar surface area (TPSA) is 76.8 Å². The van der Waals surface area contributed by atoms with Gasteiger partial charge in [-0.15, -0.1) is 0 Å². The predicted molar refractivity (Wildman–Crippen MR) is 101 cm³/mol. The molecule has 0 aliphatic carbocycles. The van der Waals surface area contributed by atoms with Crippen LogP contribution in [0.15, 0.2) is 22.7 Å². The molecule has 1 aromatic heterocycles. The van der Waals surface area contributed by atoms with Crippen LogP contribution in [0.4, 0.5) is 5.69 Å². The highest BCUT2D eigenvalue weighted by Crippen LogP contribution is 2.33. The molecular weight excluding hydrogens is 346 g/mol. The highest BCUT2D eigenvalue weighted by molar-refractivity contribution is 5.96. The Labute approximate surface area is 158 Å². The number of hydrogen-bond donors (Lipinski definition) is 1. The van der Waals surface area contributed by atoms with Crippen molar-refractivity contribution in [3.8, 4) is 11.5 Å². The third kappa shape index (κ3) is 3.59. The minimum Gasteiger partial charge on any atom is -0.486 e. The zero-order valence-electron chi connectivity index (χ0n) is 15.8. The first-order valence-corrected chi connectivity index (χ1v) is 9.56. The number of nitrogens with zero attached hydrogens (tertiary/aromatic N) is 2. The number of carbonyl (C=O) groups is 1. The van der Waals surface area contributed by atoms with Crippen molar-refractivity contribution in [2.45, 2.75) is 39.2 Å². The van der Waals surface area contributed by atoms with Crippen LogP contribution in [0.3, 0.4) is 0 Å². The Balaban J connectivity index is 1.45. The largest absolute Gasteiger partial charge is 0.486 e. The maximum Gasteiger partial charge on any atom is 0.259 e. The van der Waals surface area contributed by atoms with Crippen molar-refractivity contribution >= 4 is 11.6 Å².